The zero-order valence-corrected chi connectivity index (χ0v) is 9.09. The Labute approximate surface area is 82.4 Å². The maximum Gasteiger partial charge on any atom is 0.169 e. The predicted octanol–water partition coefficient (Wildman–Crippen LogP) is 3.41. The lowest BCUT2D eigenvalue weighted by atomic mass is 10.1. The first-order valence-electron chi connectivity index (χ1n) is 5.51. The van der Waals surface area contributed by atoms with E-state index in [0.717, 1.165) is 13.2 Å². The highest BCUT2D eigenvalue weighted by atomic mass is 16.5. The van der Waals surface area contributed by atoms with Crippen molar-refractivity contribution in [3.05, 3.63) is 0 Å². The minimum Gasteiger partial charge on any atom is -0.482 e. The van der Waals surface area contributed by atoms with Crippen LogP contribution in [-0.4, -0.2) is 19.6 Å². The van der Waals surface area contributed by atoms with E-state index in [0.29, 0.717) is 0 Å². The second-order valence-corrected chi connectivity index (χ2v) is 3.30. The Balaban J connectivity index is 0.000000243. The molecule has 0 saturated heterocycles. The fraction of sp³-hybridized carbons (Fsp3) is 0.909. The average molecular weight is 185 g/mol. The van der Waals surface area contributed by atoms with E-state index < -0.39 is 0 Å². The number of ether oxygens (including phenoxy) is 1. The van der Waals surface area contributed by atoms with Gasteiger partial charge in [-0.25, -0.2) is 0 Å². The molecule has 1 aliphatic rings. The highest BCUT2D eigenvalue weighted by Gasteiger charge is 1.85. The lowest BCUT2D eigenvalue weighted by Crippen LogP contribution is -1.80. The van der Waals surface area contributed by atoms with Crippen molar-refractivity contribution in [2.45, 2.75) is 52.4 Å². The molecule has 0 aromatic carbocycles. The molecule has 0 N–H and O–H groups in total. The van der Waals surface area contributed by atoms with E-state index in [1.165, 1.54) is 44.9 Å². The van der Waals surface area contributed by atoms with Crippen LogP contribution in [0.4, 0.5) is 0 Å². The van der Waals surface area contributed by atoms with E-state index >= 15 is 0 Å². The van der Waals surface area contributed by atoms with E-state index in [9.17, 15) is 0 Å². The van der Waals surface area contributed by atoms with Crippen LogP contribution in [0.25, 0.3) is 0 Å². The van der Waals surface area contributed by atoms with Gasteiger partial charge in [-0.05, 0) is 0 Å². The Morgan fingerprint density at radius 1 is 1.08 bits per heavy atom. The molecule has 0 aliphatic carbocycles. The molecule has 13 heavy (non-hydrogen) atoms. The van der Waals surface area contributed by atoms with Gasteiger partial charge in [-0.15, -0.1) is 0 Å². The fourth-order valence-electron chi connectivity index (χ4n) is 1.12. The number of unbranched alkanes of at least 4 members (excludes halogenated alkanes) is 5. The molecule has 2 heteroatoms. The summed E-state index contributed by atoms with van der Waals surface area (Å²) in [6.45, 7) is 6.14. The van der Waals surface area contributed by atoms with Crippen molar-refractivity contribution < 1.29 is 4.74 Å². The Hall–Kier alpha value is -0.530. The van der Waals surface area contributed by atoms with Crippen LogP contribution in [0.1, 0.15) is 52.4 Å². The molecule has 0 unspecified atom stereocenters. The summed E-state index contributed by atoms with van der Waals surface area (Å²) in [5.74, 6) is 0. The van der Waals surface area contributed by atoms with E-state index in [-0.39, 0.29) is 0 Å². The van der Waals surface area contributed by atoms with Crippen molar-refractivity contribution in [3.8, 4) is 0 Å². The number of hydrogen-bond donors (Lipinski definition) is 0. The Morgan fingerprint density at radius 2 is 1.69 bits per heavy atom. The van der Waals surface area contributed by atoms with Gasteiger partial charge in [0.1, 0.15) is 6.61 Å². The molecule has 0 radical (unpaired) electrons. The van der Waals surface area contributed by atoms with E-state index in [4.69, 9.17) is 0 Å². The van der Waals surface area contributed by atoms with E-state index in [1.54, 1.807) is 0 Å². The third-order valence-electron chi connectivity index (χ3n) is 1.94. The highest BCUT2D eigenvalue weighted by molar-refractivity contribution is 5.47. The molecular weight excluding hydrogens is 162 g/mol. The molecule has 0 aromatic rings. The van der Waals surface area contributed by atoms with Crippen molar-refractivity contribution in [2.24, 2.45) is 4.99 Å². The van der Waals surface area contributed by atoms with Crippen LogP contribution in [0.5, 0.6) is 0 Å². The fourth-order valence-corrected chi connectivity index (χ4v) is 1.12. The normalized spacial score (nSPS) is 13.4. The molecule has 0 fully saturated rings. The van der Waals surface area contributed by atoms with Gasteiger partial charge in [-0.1, -0.05) is 52.4 Å². The van der Waals surface area contributed by atoms with Crippen LogP contribution in [0, 0.1) is 0 Å². The van der Waals surface area contributed by atoms with Crippen molar-refractivity contribution in [1.82, 2.24) is 0 Å². The third-order valence-corrected chi connectivity index (χ3v) is 1.94. The van der Waals surface area contributed by atoms with Crippen LogP contribution < -0.4 is 0 Å². The van der Waals surface area contributed by atoms with Gasteiger partial charge in [0.2, 0.25) is 0 Å². The van der Waals surface area contributed by atoms with Gasteiger partial charge in [0, 0.05) is 0 Å². The van der Waals surface area contributed by atoms with Gasteiger partial charge < -0.3 is 4.74 Å². The first-order chi connectivity index (χ1) is 6.41. The number of rotatable bonds is 5. The molecule has 0 aromatic heterocycles. The molecule has 0 bridgehead atoms. The molecule has 1 aliphatic heterocycles. The van der Waals surface area contributed by atoms with Gasteiger partial charge in [0.25, 0.3) is 0 Å². The topological polar surface area (TPSA) is 21.6 Å². The zero-order chi connectivity index (χ0) is 9.78. The summed E-state index contributed by atoms with van der Waals surface area (Å²) in [4.78, 5) is 3.74. The first kappa shape index (κ1) is 12.5. The quantitative estimate of drug-likeness (QED) is 0.601. The first-order valence-corrected chi connectivity index (χ1v) is 5.51. The molecule has 1 rings (SSSR count). The monoisotopic (exact) mass is 185 g/mol. The second-order valence-electron chi connectivity index (χ2n) is 3.30. The molecule has 2 nitrogen and oxygen atoms in total. The maximum atomic E-state index is 4.65. The summed E-state index contributed by atoms with van der Waals surface area (Å²) in [5, 5.41) is 0. The summed E-state index contributed by atoms with van der Waals surface area (Å²) >= 11 is 0. The highest BCUT2D eigenvalue weighted by Crippen LogP contribution is 2.03. The van der Waals surface area contributed by atoms with Crippen LogP contribution >= 0.6 is 0 Å². The lowest BCUT2D eigenvalue weighted by Gasteiger charge is -1.93. The molecule has 78 valence electrons. The largest absolute Gasteiger partial charge is 0.482 e. The van der Waals surface area contributed by atoms with E-state index in [2.05, 4.69) is 23.6 Å². The summed E-state index contributed by atoms with van der Waals surface area (Å²) in [6, 6.07) is 0. The molecule has 0 spiro atoms. The Bertz CT molecular complexity index is 101. The number of nitrogens with zero attached hydrogens (tertiary/aromatic N) is 1. The lowest BCUT2D eigenvalue weighted by molar-refractivity contribution is 0.361. The van der Waals surface area contributed by atoms with Gasteiger partial charge in [0.15, 0.2) is 6.40 Å². The average Bonchev–Trinajstić information content (AvgIpc) is 2.70. The summed E-state index contributed by atoms with van der Waals surface area (Å²) in [5.41, 5.74) is 0. The molecular formula is C11H23NO. The SMILES string of the molecule is C1=NCCO1.CCCCCCCC. The molecule has 0 amide bonds. The summed E-state index contributed by atoms with van der Waals surface area (Å²) < 4.78 is 4.65. The van der Waals surface area contributed by atoms with Crippen molar-refractivity contribution >= 4 is 6.40 Å². The zero-order valence-electron chi connectivity index (χ0n) is 9.09. The van der Waals surface area contributed by atoms with Crippen LogP contribution in [0.15, 0.2) is 4.99 Å². The van der Waals surface area contributed by atoms with Crippen molar-refractivity contribution in [3.63, 3.8) is 0 Å². The smallest absolute Gasteiger partial charge is 0.169 e. The Morgan fingerprint density at radius 3 is 1.92 bits per heavy atom. The Kier molecular flexibility index (Phi) is 11.0. The number of aliphatic imine (C=N–C) groups is 1. The molecule has 0 saturated carbocycles. The minimum absolute atomic E-state index is 0.778. The van der Waals surface area contributed by atoms with Gasteiger partial charge in [0.05, 0.1) is 6.54 Å². The summed E-state index contributed by atoms with van der Waals surface area (Å²) in [6.07, 6.45) is 9.97. The standard InChI is InChI=1S/C8H18.C3H5NO/c1-3-5-7-8-6-4-2;1-2-5-3-4-1/h3-8H2,1-2H3;3H,1-2H2. The van der Waals surface area contributed by atoms with Crippen molar-refractivity contribution in [1.29, 1.82) is 0 Å². The molecule has 0 atom stereocenters. The van der Waals surface area contributed by atoms with Crippen LogP contribution in [0.2, 0.25) is 0 Å². The third kappa shape index (κ3) is 11.5. The molecule has 1 heterocycles. The maximum absolute atomic E-state index is 4.65. The number of hydrogen-bond acceptors (Lipinski definition) is 2. The predicted molar refractivity (Wildman–Crippen MR) is 58.4 cm³/mol. The summed E-state index contributed by atoms with van der Waals surface area (Å²) in [7, 11) is 0. The van der Waals surface area contributed by atoms with Crippen molar-refractivity contribution in [2.75, 3.05) is 13.2 Å². The minimum atomic E-state index is 0.778. The van der Waals surface area contributed by atoms with Gasteiger partial charge >= 0.3 is 0 Å². The van der Waals surface area contributed by atoms with Crippen LogP contribution in [0.3, 0.4) is 0 Å². The van der Waals surface area contributed by atoms with E-state index in [1.807, 2.05) is 0 Å². The second kappa shape index (κ2) is 11.5. The van der Waals surface area contributed by atoms with Gasteiger partial charge in [-0.3, -0.25) is 4.99 Å². The van der Waals surface area contributed by atoms with Crippen LogP contribution in [-0.2, 0) is 4.74 Å². The van der Waals surface area contributed by atoms with Gasteiger partial charge in [-0.2, -0.15) is 0 Å².